The van der Waals surface area contributed by atoms with E-state index in [0.717, 1.165) is 17.0 Å². The van der Waals surface area contributed by atoms with E-state index in [1.165, 1.54) is 23.8 Å². The lowest BCUT2D eigenvalue weighted by molar-refractivity contribution is -0.384. The number of hydrogen-bond donors (Lipinski definition) is 0. The number of carbonyl (C=O) groups excluding carboxylic acids is 1. The van der Waals surface area contributed by atoms with Gasteiger partial charge in [-0.05, 0) is 57.5 Å². The van der Waals surface area contributed by atoms with E-state index in [0.29, 0.717) is 64.0 Å². The topological polar surface area (TPSA) is 135 Å². The summed E-state index contributed by atoms with van der Waals surface area (Å²) in [5.74, 6) is 0.393. The largest absolute Gasteiger partial charge is 0.493 e. The Labute approximate surface area is 257 Å². The third kappa shape index (κ3) is 6.10. The highest BCUT2D eigenvalue weighted by molar-refractivity contribution is 7.07. The standard InChI is InChI=1S/C31H34N4O8S/c1-6-42-30(37)27-19(4)32-31-34(28(27)20-7-10-24(43-18(2)3)25(16-20)40-5)29(36)26(44-31)17-21-15-22(35(38)39)8-9-23(21)33-11-13-41-14-12-33/h7-10,15-18,28H,6,11-14H2,1-5H3/b26-17-/t28-/m0/s1. The second-order valence-corrected chi connectivity index (χ2v) is 11.5. The van der Waals surface area contributed by atoms with Crippen molar-refractivity contribution in [2.75, 3.05) is 44.9 Å². The molecule has 44 heavy (non-hydrogen) atoms. The number of morpholine rings is 1. The summed E-state index contributed by atoms with van der Waals surface area (Å²) in [6.07, 6.45) is 1.56. The van der Waals surface area contributed by atoms with Gasteiger partial charge in [-0.3, -0.25) is 19.5 Å². The van der Waals surface area contributed by atoms with E-state index in [4.69, 9.17) is 18.9 Å². The molecule has 0 radical (unpaired) electrons. The maximum atomic E-state index is 14.2. The molecule has 0 bridgehead atoms. The number of nitrogens with zero attached hydrogens (tertiary/aromatic N) is 4. The average molecular weight is 623 g/mol. The van der Waals surface area contributed by atoms with Crippen molar-refractivity contribution < 1.29 is 28.7 Å². The number of ether oxygens (including phenoxy) is 4. The van der Waals surface area contributed by atoms with E-state index < -0.39 is 22.5 Å². The summed E-state index contributed by atoms with van der Waals surface area (Å²) in [6.45, 7) is 9.65. The molecule has 0 unspecified atom stereocenters. The lowest BCUT2D eigenvalue weighted by atomic mass is 9.95. The quantitative estimate of drug-likeness (QED) is 0.200. The van der Waals surface area contributed by atoms with Crippen molar-refractivity contribution in [1.82, 2.24) is 4.57 Å². The summed E-state index contributed by atoms with van der Waals surface area (Å²) in [5, 5.41) is 11.7. The first-order valence-electron chi connectivity index (χ1n) is 14.3. The third-order valence-corrected chi connectivity index (χ3v) is 8.23. The fraction of sp³-hybridized carbons (Fsp3) is 0.387. The Hall–Kier alpha value is -4.49. The highest BCUT2D eigenvalue weighted by Crippen LogP contribution is 2.36. The molecule has 1 fully saturated rings. The Morgan fingerprint density at radius 2 is 1.95 bits per heavy atom. The number of allylic oxidation sites excluding steroid dienone is 1. The molecule has 3 heterocycles. The smallest absolute Gasteiger partial charge is 0.338 e. The van der Waals surface area contributed by atoms with Gasteiger partial charge in [0.2, 0.25) is 0 Å². The predicted molar refractivity (Wildman–Crippen MR) is 165 cm³/mol. The normalized spacial score (nSPS) is 16.9. The summed E-state index contributed by atoms with van der Waals surface area (Å²) in [5.41, 5.74) is 2.06. The van der Waals surface area contributed by atoms with E-state index in [2.05, 4.69) is 9.89 Å². The summed E-state index contributed by atoms with van der Waals surface area (Å²) < 4.78 is 24.2. The van der Waals surface area contributed by atoms with Crippen LogP contribution in [0.5, 0.6) is 11.5 Å². The third-order valence-electron chi connectivity index (χ3n) is 7.24. The van der Waals surface area contributed by atoms with Crippen molar-refractivity contribution in [1.29, 1.82) is 0 Å². The summed E-state index contributed by atoms with van der Waals surface area (Å²) >= 11 is 1.15. The number of non-ortho nitro benzene ring substituents is 1. The van der Waals surface area contributed by atoms with E-state index in [9.17, 15) is 19.7 Å². The van der Waals surface area contributed by atoms with Gasteiger partial charge in [-0.15, -0.1) is 0 Å². The van der Waals surface area contributed by atoms with E-state index in [1.807, 2.05) is 13.8 Å². The molecule has 232 valence electrons. The summed E-state index contributed by atoms with van der Waals surface area (Å²) in [6, 6.07) is 9.04. The molecule has 0 amide bonds. The van der Waals surface area contributed by atoms with Crippen LogP contribution in [-0.4, -0.2) is 61.6 Å². The lowest BCUT2D eigenvalue weighted by Crippen LogP contribution is -2.40. The van der Waals surface area contributed by atoms with Crippen molar-refractivity contribution in [3.05, 3.63) is 88.6 Å². The number of nitro groups is 1. The number of hydrogen-bond acceptors (Lipinski definition) is 11. The molecule has 0 N–H and O–H groups in total. The molecule has 1 atom stereocenters. The Morgan fingerprint density at radius 3 is 2.61 bits per heavy atom. The van der Waals surface area contributed by atoms with Crippen LogP contribution in [-0.2, 0) is 14.3 Å². The van der Waals surface area contributed by atoms with Gasteiger partial charge in [0.1, 0.15) is 0 Å². The Kier molecular flexibility index (Phi) is 9.16. The maximum absolute atomic E-state index is 14.2. The van der Waals surface area contributed by atoms with Gasteiger partial charge < -0.3 is 23.8 Å². The second-order valence-electron chi connectivity index (χ2n) is 10.5. The molecule has 1 saturated heterocycles. The molecule has 0 saturated carbocycles. The minimum absolute atomic E-state index is 0.0878. The number of aromatic nitrogens is 1. The number of rotatable bonds is 9. The number of anilines is 1. The number of carbonyl (C=O) groups is 1. The van der Waals surface area contributed by atoms with Crippen molar-refractivity contribution in [2.45, 2.75) is 39.8 Å². The van der Waals surface area contributed by atoms with Gasteiger partial charge in [-0.25, -0.2) is 9.79 Å². The predicted octanol–water partition coefficient (Wildman–Crippen LogP) is 3.34. The van der Waals surface area contributed by atoms with Gasteiger partial charge in [0, 0.05) is 36.5 Å². The van der Waals surface area contributed by atoms with Gasteiger partial charge in [-0.1, -0.05) is 17.4 Å². The first kappa shape index (κ1) is 31.0. The zero-order valence-corrected chi connectivity index (χ0v) is 26.0. The average Bonchev–Trinajstić information content (AvgIpc) is 3.30. The molecular formula is C31H34N4O8S. The number of methoxy groups -OCH3 is 1. The molecular weight excluding hydrogens is 588 g/mol. The van der Waals surface area contributed by atoms with Gasteiger partial charge in [0.15, 0.2) is 16.3 Å². The van der Waals surface area contributed by atoms with E-state index in [1.54, 1.807) is 44.2 Å². The highest BCUT2D eigenvalue weighted by Gasteiger charge is 2.34. The lowest BCUT2D eigenvalue weighted by Gasteiger charge is -2.30. The van der Waals surface area contributed by atoms with Crippen molar-refractivity contribution in [3.63, 3.8) is 0 Å². The minimum Gasteiger partial charge on any atom is -0.493 e. The molecule has 3 aromatic rings. The molecule has 1 aromatic heterocycles. The van der Waals surface area contributed by atoms with E-state index in [-0.39, 0.29) is 24.0 Å². The van der Waals surface area contributed by atoms with Crippen LogP contribution in [0.25, 0.3) is 6.08 Å². The van der Waals surface area contributed by atoms with Crippen molar-refractivity contribution in [3.8, 4) is 11.5 Å². The van der Waals surface area contributed by atoms with Crippen molar-refractivity contribution in [2.24, 2.45) is 4.99 Å². The fourth-order valence-electron chi connectivity index (χ4n) is 5.32. The van der Waals surface area contributed by atoms with Crippen molar-refractivity contribution >= 4 is 34.8 Å². The molecule has 0 spiro atoms. The van der Waals surface area contributed by atoms with Crippen LogP contribution in [0.15, 0.2) is 57.5 Å². The SMILES string of the molecule is CCOC(=O)C1=C(C)N=c2s/c(=C\c3cc([N+](=O)[O-])ccc3N3CCOCC3)c(=O)n2[C@H]1c1ccc(OC(C)C)c(OC)c1. The second kappa shape index (κ2) is 13.0. The molecule has 12 nitrogen and oxygen atoms in total. The molecule has 0 aliphatic carbocycles. The summed E-state index contributed by atoms with van der Waals surface area (Å²) in [7, 11) is 1.52. The van der Waals surface area contributed by atoms with Crippen LogP contribution < -0.4 is 29.3 Å². The molecule has 2 aromatic carbocycles. The fourth-order valence-corrected chi connectivity index (χ4v) is 6.35. The zero-order chi connectivity index (χ0) is 31.5. The van der Waals surface area contributed by atoms with Gasteiger partial charge in [0.05, 0.1) is 59.8 Å². The van der Waals surface area contributed by atoms with Crippen LogP contribution in [0.4, 0.5) is 11.4 Å². The Bertz CT molecular complexity index is 1800. The van der Waals surface area contributed by atoms with Crippen LogP contribution >= 0.6 is 11.3 Å². The van der Waals surface area contributed by atoms with Crippen LogP contribution in [0, 0.1) is 10.1 Å². The molecule has 2 aliphatic heterocycles. The number of esters is 1. The van der Waals surface area contributed by atoms with E-state index >= 15 is 0 Å². The van der Waals surface area contributed by atoms with Crippen LogP contribution in [0.2, 0.25) is 0 Å². The molecule has 2 aliphatic rings. The minimum atomic E-state index is -0.863. The monoisotopic (exact) mass is 622 g/mol. The Balaban J connectivity index is 1.71. The number of nitro benzene ring substituents is 1. The molecule has 13 heteroatoms. The number of benzene rings is 2. The zero-order valence-electron chi connectivity index (χ0n) is 25.2. The highest BCUT2D eigenvalue weighted by atomic mass is 32.1. The summed E-state index contributed by atoms with van der Waals surface area (Å²) in [4.78, 5) is 45.8. The van der Waals surface area contributed by atoms with Crippen LogP contribution in [0.1, 0.15) is 44.9 Å². The number of thiazole rings is 1. The van der Waals surface area contributed by atoms with Gasteiger partial charge >= 0.3 is 5.97 Å². The number of fused-ring (bicyclic) bond motifs is 1. The molecule has 5 rings (SSSR count). The first-order valence-corrected chi connectivity index (χ1v) is 15.1. The Morgan fingerprint density at radius 1 is 1.20 bits per heavy atom. The van der Waals surface area contributed by atoms with Crippen LogP contribution in [0.3, 0.4) is 0 Å². The first-order chi connectivity index (χ1) is 21.1. The maximum Gasteiger partial charge on any atom is 0.338 e. The van der Waals surface area contributed by atoms with Gasteiger partial charge in [-0.2, -0.15) is 0 Å². The van der Waals surface area contributed by atoms with Gasteiger partial charge in [0.25, 0.3) is 11.2 Å².